The van der Waals surface area contributed by atoms with Crippen molar-refractivity contribution in [1.29, 1.82) is 0 Å². The highest BCUT2D eigenvalue weighted by molar-refractivity contribution is 7.13. The zero-order valence-corrected chi connectivity index (χ0v) is 13.9. The highest BCUT2D eigenvalue weighted by Crippen LogP contribution is 2.33. The van der Waals surface area contributed by atoms with E-state index in [9.17, 15) is 0 Å². The molecule has 4 rings (SSSR count). The minimum atomic E-state index is 0.720. The van der Waals surface area contributed by atoms with Crippen molar-refractivity contribution in [3.63, 3.8) is 0 Å². The number of H-pyrrole nitrogens is 1. The van der Waals surface area contributed by atoms with Gasteiger partial charge in [-0.3, -0.25) is 5.10 Å². The van der Waals surface area contributed by atoms with Crippen LogP contribution in [0.25, 0.3) is 21.8 Å². The molecular formula is C20H17N3S. The van der Waals surface area contributed by atoms with E-state index >= 15 is 0 Å². The molecule has 0 amide bonds. The van der Waals surface area contributed by atoms with Crippen LogP contribution >= 0.6 is 11.3 Å². The predicted octanol–water partition coefficient (Wildman–Crippen LogP) is 5.42. The van der Waals surface area contributed by atoms with Crippen LogP contribution in [0.5, 0.6) is 0 Å². The average molecular weight is 331 g/mol. The summed E-state index contributed by atoms with van der Waals surface area (Å²) in [5.41, 5.74) is 5.51. The van der Waals surface area contributed by atoms with E-state index < -0.39 is 0 Å². The van der Waals surface area contributed by atoms with E-state index in [0.29, 0.717) is 0 Å². The van der Waals surface area contributed by atoms with Crippen molar-refractivity contribution >= 4 is 17.0 Å². The van der Waals surface area contributed by atoms with Gasteiger partial charge in [0.25, 0.3) is 0 Å². The number of aromatic nitrogens is 2. The Labute approximate surface area is 145 Å². The van der Waals surface area contributed by atoms with Gasteiger partial charge in [-0.15, -0.1) is 11.3 Å². The van der Waals surface area contributed by atoms with Crippen molar-refractivity contribution in [2.45, 2.75) is 6.54 Å². The molecule has 0 aliphatic heterocycles. The van der Waals surface area contributed by atoms with Crippen molar-refractivity contribution in [3.05, 3.63) is 83.7 Å². The molecule has 0 fully saturated rings. The highest BCUT2D eigenvalue weighted by Gasteiger charge is 2.16. The number of nitrogens with zero attached hydrogens (tertiary/aromatic N) is 1. The Morgan fingerprint density at radius 3 is 2.33 bits per heavy atom. The van der Waals surface area contributed by atoms with Gasteiger partial charge in [-0.2, -0.15) is 5.10 Å². The van der Waals surface area contributed by atoms with Crippen LogP contribution in [0.3, 0.4) is 0 Å². The fourth-order valence-corrected chi connectivity index (χ4v) is 3.49. The van der Waals surface area contributed by atoms with Gasteiger partial charge in [-0.05, 0) is 23.6 Å². The van der Waals surface area contributed by atoms with Crippen LogP contribution in [0.2, 0.25) is 0 Å². The van der Waals surface area contributed by atoms with Gasteiger partial charge in [0.05, 0.1) is 16.3 Å². The first-order valence-electron chi connectivity index (χ1n) is 7.87. The summed E-state index contributed by atoms with van der Waals surface area (Å²) in [5.74, 6) is 0. The van der Waals surface area contributed by atoms with Gasteiger partial charge in [0.2, 0.25) is 0 Å². The molecule has 0 aliphatic rings. The zero-order chi connectivity index (χ0) is 16.2. The van der Waals surface area contributed by atoms with E-state index in [1.165, 1.54) is 10.4 Å². The van der Waals surface area contributed by atoms with Gasteiger partial charge in [0.15, 0.2) is 0 Å². The Morgan fingerprint density at radius 2 is 1.62 bits per heavy atom. The lowest BCUT2D eigenvalue weighted by molar-refractivity contribution is 1.10. The first kappa shape index (κ1) is 14.7. The van der Waals surface area contributed by atoms with Crippen molar-refractivity contribution in [3.8, 4) is 21.8 Å². The van der Waals surface area contributed by atoms with E-state index in [0.717, 1.165) is 29.2 Å². The Bertz CT molecular complexity index is 897. The van der Waals surface area contributed by atoms with Crippen LogP contribution in [0, 0.1) is 0 Å². The maximum absolute atomic E-state index is 4.60. The summed E-state index contributed by atoms with van der Waals surface area (Å²) in [6, 6.07) is 24.8. The smallest absolute Gasteiger partial charge is 0.0977 e. The van der Waals surface area contributed by atoms with Gasteiger partial charge in [0, 0.05) is 23.4 Å². The number of para-hydroxylation sites is 1. The summed E-state index contributed by atoms with van der Waals surface area (Å²) in [6.07, 6.45) is 0. The van der Waals surface area contributed by atoms with Gasteiger partial charge >= 0.3 is 0 Å². The maximum Gasteiger partial charge on any atom is 0.0977 e. The molecule has 0 unspecified atom stereocenters. The lowest BCUT2D eigenvalue weighted by atomic mass is 10.0. The van der Waals surface area contributed by atoms with Crippen molar-refractivity contribution in [2.24, 2.45) is 0 Å². The number of nitrogens with one attached hydrogen (secondary N) is 2. The van der Waals surface area contributed by atoms with E-state index in [4.69, 9.17) is 0 Å². The van der Waals surface area contributed by atoms with E-state index in [1.54, 1.807) is 11.3 Å². The molecule has 0 saturated carbocycles. The Balaban J connectivity index is 1.72. The van der Waals surface area contributed by atoms with Crippen molar-refractivity contribution in [1.82, 2.24) is 10.2 Å². The number of anilines is 1. The number of hydrogen-bond acceptors (Lipinski definition) is 3. The summed E-state index contributed by atoms with van der Waals surface area (Å²) < 4.78 is 0. The predicted molar refractivity (Wildman–Crippen MR) is 101 cm³/mol. The van der Waals surface area contributed by atoms with E-state index in [-0.39, 0.29) is 0 Å². The molecule has 2 aromatic heterocycles. The average Bonchev–Trinajstić information content (AvgIpc) is 3.31. The molecule has 4 aromatic rings. The summed E-state index contributed by atoms with van der Waals surface area (Å²) in [4.78, 5) is 1.20. The Morgan fingerprint density at radius 1 is 0.875 bits per heavy atom. The molecule has 0 atom stereocenters. The topological polar surface area (TPSA) is 40.7 Å². The Kier molecular flexibility index (Phi) is 4.13. The fraction of sp³-hybridized carbons (Fsp3) is 0.0500. The summed E-state index contributed by atoms with van der Waals surface area (Å²) in [5, 5.41) is 13.4. The Hall–Kier alpha value is -2.85. The zero-order valence-electron chi connectivity index (χ0n) is 13.1. The molecule has 24 heavy (non-hydrogen) atoms. The largest absolute Gasteiger partial charge is 0.381 e. The molecule has 2 heterocycles. The van der Waals surface area contributed by atoms with Gasteiger partial charge in [0.1, 0.15) is 0 Å². The van der Waals surface area contributed by atoms with Gasteiger partial charge < -0.3 is 5.32 Å². The molecule has 0 bridgehead atoms. The van der Waals surface area contributed by atoms with Crippen LogP contribution < -0.4 is 5.32 Å². The minimum Gasteiger partial charge on any atom is -0.381 e. The lowest BCUT2D eigenvalue weighted by Crippen LogP contribution is -2.01. The minimum absolute atomic E-state index is 0.720. The normalized spacial score (nSPS) is 10.7. The molecule has 0 aliphatic carbocycles. The SMILES string of the molecule is c1ccc(NCc2c(-c3ccccc3)n[nH]c2-c2cccs2)cc1. The molecule has 0 radical (unpaired) electrons. The first-order chi connectivity index (χ1) is 11.9. The molecule has 0 spiro atoms. The van der Waals surface area contributed by atoms with E-state index in [2.05, 4.69) is 57.3 Å². The van der Waals surface area contributed by atoms with Crippen LogP contribution in [0.15, 0.2) is 78.2 Å². The van der Waals surface area contributed by atoms with Crippen LogP contribution in [-0.2, 0) is 6.54 Å². The number of hydrogen-bond donors (Lipinski definition) is 2. The van der Waals surface area contributed by atoms with E-state index in [1.807, 2.05) is 36.4 Å². The molecule has 118 valence electrons. The summed E-state index contributed by atoms with van der Waals surface area (Å²) >= 11 is 1.72. The third-order valence-electron chi connectivity index (χ3n) is 3.93. The van der Waals surface area contributed by atoms with Crippen molar-refractivity contribution < 1.29 is 0 Å². The molecular weight excluding hydrogens is 314 g/mol. The molecule has 0 saturated heterocycles. The summed E-state index contributed by atoms with van der Waals surface area (Å²) in [7, 11) is 0. The number of benzene rings is 2. The second-order valence-corrected chi connectivity index (χ2v) is 6.44. The lowest BCUT2D eigenvalue weighted by Gasteiger charge is -2.09. The second-order valence-electron chi connectivity index (χ2n) is 5.49. The van der Waals surface area contributed by atoms with Gasteiger partial charge in [-0.25, -0.2) is 0 Å². The summed E-state index contributed by atoms with van der Waals surface area (Å²) in [6.45, 7) is 0.720. The second kappa shape index (κ2) is 6.72. The molecule has 2 N–H and O–H groups in total. The van der Waals surface area contributed by atoms with Gasteiger partial charge in [-0.1, -0.05) is 54.6 Å². The van der Waals surface area contributed by atoms with Crippen LogP contribution in [0.4, 0.5) is 5.69 Å². The quantitative estimate of drug-likeness (QED) is 0.513. The maximum atomic E-state index is 4.60. The number of thiophene rings is 1. The standard InChI is InChI=1S/C20H17N3S/c1-3-8-15(9-4-1)19-17(14-21-16-10-5-2-6-11-16)20(23-22-19)18-12-7-13-24-18/h1-13,21H,14H2,(H,22,23). The van der Waals surface area contributed by atoms with Crippen molar-refractivity contribution in [2.75, 3.05) is 5.32 Å². The third-order valence-corrected chi connectivity index (χ3v) is 4.81. The highest BCUT2D eigenvalue weighted by atomic mass is 32.1. The third kappa shape index (κ3) is 2.96. The number of aromatic amines is 1. The van der Waals surface area contributed by atoms with Crippen LogP contribution in [0.1, 0.15) is 5.56 Å². The first-order valence-corrected chi connectivity index (χ1v) is 8.75. The van der Waals surface area contributed by atoms with Crippen LogP contribution in [-0.4, -0.2) is 10.2 Å². The molecule has 2 aromatic carbocycles. The molecule has 4 heteroatoms. The monoisotopic (exact) mass is 331 g/mol. The fourth-order valence-electron chi connectivity index (χ4n) is 2.74. The molecule has 3 nitrogen and oxygen atoms in total. The number of rotatable bonds is 5.